The van der Waals surface area contributed by atoms with Gasteiger partial charge in [-0.3, -0.25) is 13.9 Å². The summed E-state index contributed by atoms with van der Waals surface area (Å²) >= 11 is 11.8. The van der Waals surface area contributed by atoms with Gasteiger partial charge in [0.1, 0.15) is 10.7 Å². The molecule has 1 N–H and O–H groups in total. The minimum absolute atomic E-state index is 0.0630. The van der Waals surface area contributed by atoms with Crippen molar-refractivity contribution in [3.05, 3.63) is 123 Å². The molecule has 0 saturated heterocycles. The first-order valence-electron chi connectivity index (χ1n) is 13.2. The van der Waals surface area contributed by atoms with E-state index in [2.05, 4.69) is 5.32 Å². The van der Waals surface area contributed by atoms with Gasteiger partial charge in [0.25, 0.3) is 15.9 Å². The summed E-state index contributed by atoms with van der Waals surface area (Å²) < 4.78 is 89.6. The van der Waals surface area contributed by atoms with Crippen LogP contribution in [-0.4, -0.2) is 26.9 Å². The average molecular weight is 684 g/mol. The van der Waals surface area contributed by atoms with E-state index in [1.165, 1.54) is 24.3 Å². The minimum atomic E-state index is -4.83. The SMILES string of the molecule is CCOC(=O)Cc1ccc(N(Cc2ccc(Cl)cc2)S(=O)(=O)c2cc(C(=O)Nc3cc(Cl)ccc3C(F)(F)F)ccc2F)cc1. The van der Waals surface area contributed by atoms with Gasteiger partial charge in [0.05, 0.1) is 36.5 Å². The number of sulfonamides is 1. The number of hydrogen-bond acceptors (Lipinski definition) is 5. The molecule has 4 aromatic carbocycles. The van der Waals surface area contributed by atoms with Gasteiger partial charge in [-0.2, -0.15) is 13.2 Å². The lowest BCUT2D eigenvalue weighted by atomic mass is 10.1. The Morgan fingerprint density at radius 2 is 1.49 bits per heavy atom. The van der Waals surface area contributed by atoms with E-state index in [0.29, 0.717) is 22.2 Å². The van der Waals surface area contributed by atoms with E-state index < -0.39 is 55.6 Å². The molecule has 0 radical (unpaired) electrons. The highest BCUT2D eigenvalue weighted by molar-refractivity contribution is 7.92. The van der Waals surface area contributed by atoms with Crippen LogP contribution in [0.2, 0.25) is 10.0 Å². The largest absolute Gasteiger partial charge is 0.466 e. The van der Waals surface area contributed by atoms with Crippen molar-refractivity contribution in [2.75, 3.05) is 16.2 Å². The monoisotopic (exact) mass is 682 g/mol. The van der Waals surface area contributed by atoms with Crippen molar-refractivity contribution in [1.29, 1.82) is 0 Å². The van der Waals surface area contributed by atoms with Crippen molar-refractivity contribution >= 4 is 56.5 Å². The molecule has 0 saturated carbocycles. The Morgan fingerprint density at radius 1 is 0.867 bits per heavy atom. The smallest absolute Gasteiger partial charge is 0.418 e. The number of esters is 1. The zero-order chi connectivity index (χ0) is 32.9. The van der Waals surface area contributed by atoms with Crippen LogP contribution >= 0.6 is 23.2 Å². The molecular weight excluding hydrogens is 659 g/mol. The number of carbonyl (C=O) groups is 2. The fourth-order valence-electron chi connectivity index (χ4n) is 4.25. The van der Waals surface area contributed by atoms with Crippen LogP contribution in [0, 0.1) is 5.82 Å². The standard InChI is InChI=1S/C31H24Cl2F4N2O5S/c1-2-44-29(40)15-19-5-11-24(12-6-19)39(18-20-3-8-22(32)9-4-20)45(42,43)28-16-21(7-14-26(28)34)30(41)38-27-17-23(33)10-13-25(27)31(35,36)37/h3-14,16-17H,2,15,18H2,1H3,(H,38,41). The normalized spacial score (nSPS) is 11.6. The second-order valence-corrected chi connectivity index (χ2v) is 12.3. The Hall–Kier alpha value is -4.13. The van der Waals surface area contributed by atoms with Crippen molar-refractivity contribution in [1.82, 2.24) is 0 Å². The molecule has 7 nitrogen and oxygen atoms in total. The number of amides is 1. The lowest BCUT2D eigenvalue weighted by molar-refractivity contribution is -0.142. The van der Waals surface area contributed by atoms with Crippen LogP contribution in [0.25, 0.3) is 0 Å². The zero-order valence-corrected chi connectivity index (χ0v) is 25.7. The molecule has 0 aliphatic rings. The van der Waals surface area contributed by atoms with Crippen molar-refractivity contribution in [3.63, 3.8) is 0 Å². The molecule has 14 heteroatoms. The number of rotatable bonds is 10. The quantitative estimate of drug-likeness (QED) is 0.136. The predicted octanol–water partition coefficient (Wildman–Crippen LogP) is 7.90. The lowest BCUT2D eigenvalue weighted by Gasteiger charge is -2.25. The number of nitrogens with zero attached hydrogens (tertiary/aromatic N) is 1. The Labute approximate surface area is 266 Å². The van der Waals surface area contributed by atoms with Gasteiger partial charge in [-0.05, 0) is 78.7 Å². The summed E-state index contributed by atoms with van der Waals surface area (Å²) in [5.74, 6) is -2.81. The third kappa shape index (κ3) is 8.33. The zero-order valence-electron chi connectivity index (χ0n) is 23.4. The molecule has 4 aromatic rings. The number of halogens is 6. The molecule has 45 heavy (non-hydrogen) atoms. The topological polar surface area (TPSA) is 92.8 Å². The highest BCUT2D eigenvalue weighted by Gasteiger charge is 2.34. The molecular formula is C31H24Cl2F4N2O5S. The lowest BCUT2D eigenvalue weighted by Crippen LogP contribution is -2.31. The molecule has 4 rings (SSSR count). The Bertz CT molecular complexity index is 1820. The van der Waals surface area contributed by atoms with Gasteiger partial charge in [-0.1, -0.05) is 47.5 Å². The van der Waals surface area contributed by atoms with E-state index in [1.807, 2.05) is 0 Å². The van der Waals surface area contributed by atoms with Crippen LogP contribution < -0.4 is 9.62 Å². The first-order valence-corrected chi connectivity index (χ1v) is 15.4. The molecule has 0 atom stereocenters. The third-order valence-corrected chi connectivity index (χ3v) is 8.69. The maximum absolute atomic E-state index is 15.2. The number of nitrogens with one attached hydrogen (secondary N) is 1. The molecule has 0 fully saturated rings. The first kappa shape index (κ1) is 33.8. The van der Waals surface area contributed by atoms with E-state index in [1.54, 1.807) is 31.2 Å². The number of benzene rings is 4. The Kier molecular flexibility index (Phi) is 10.4. The van der Waals surface area contributed by atoms with Crippen molar-refractivity contribution in [2.45, 2.75) is 31.0 Å². The van der Waals surface area contributed by atoms with E-state index in [9.17, 15) is 31.2 Å². The van der Waals surface area contributed by atoms with Gasteiger partial charge in [-0.25, -0.2) is 12.8 Å². The third-order valence-electron chi connectivity index (χ3n) is 6.41. The van der Waals surface area contributed by atoms with E-state index in [4.69, 9.17) is 27.9 Å². The molecule has 1 amide bonds. The molecule has 236 valence electrons. The molecule has 0 spiro atoms. The second-order valence-electron chi connectivity index (χ2n) is 9.57. The van der Waals surface area contributed by atoms with Crippen LogP contribution in [0.4, 0.5) is 28.9 Å². The summed E-state index contributed by atoms with van der Waals surface area (Å²) in [4.78, 5) is 24.0. The van der Waals surface area contributed by atoms with E-state index in [-0.39, 0.29) is 30.3 Å². The summed E-state index contributed by atoms with van der Waals surface area (Å²) in [7, 11) is -4.75. The van der Waals surface area contributed by atoms with Crippen LogP contribution in [-0.2, 0) is 38.7 Å². The average Bonchev–Trinajstić information content (AvgIpc) is 2.97. The number of carbonyl (C=O) groups excluding carboxylic acids is 2. The number of ether oxygens (including phenoxy) is 1. The number of alkyl halides is 3. The fraction of sp³-hybridized carbons (Fsp3) is 0.161. The summed E-state index contributed by atoms with van der Waals surface area (Å²) in [5.41, 5.74) is -1.17. The van der Waals surface area contributed by atoms with Crippen molar-refractivity contribution in [3.8, 4) is 0 Å². The first-order chi connectivity index (χ1) is 21.2. The fourth-order valence-corrected chi connectivity index (χ4v) is 6.10. The molecule has 0 aliphatic heterocycles. The molecule has 0 aromatic heterocycles. The number of hydrogen-bond donors (Lipinski definition) is 1. The maximum atomic E-state index is 15.2. The Balaban J connectivity index is 1.73. The van der Waals surface area contributed by atoms with Gasteiger partial charge in [-0.15, -0.1) is 0 Å². The summed E-state index contributed by atoms with van der Waals surface area (Å²) in [6, 6.07) is 17.1. The maximum Gasteiger partial charge on any atom is 0.418 e. The van der Waals surface area contributed by atoms with E-state index in [0.717, 1.165) is 34.6 Å². The summed E-state index contributed by atoms with van der Waals surface area (Å²) in [6.07, 6.45) is -4.90. The van der Waals surface area contributed by atoms with E-state index >= 15 is 4.39 Å². The van der Waals surface area contributed by atoms with Crippen LogP contribution in [0.15, 0.2) is 89.8 Å². The van der Waals surface area contributed by atoms with Crippen molar-refractivity contribution in [2.24, 2.45) is 0 Å². The van der Waals surface area contributed by atoms with Gasteiger partial charge >= 0.3 is 12.1 Å². The molecule has 0 aliphatic carbocycles. The van der Waals surface area contributed by atoms with Crippen LogP contribution in [0.1, 0.15) is 34.0 Å². The van der Waals surface area contributed by atoms with Crippen LogP contribution in [0.5, 0.6) is 0 Å². The summed E-state index contributed by atoms with van der Waals surface area (Å²) in [5, 5.41) is 2.39. The second kappa shape index (κ2) is 13.9. The molecule has 0 bridgehead atoms. The highest BCUT2D eigenvalue weighted by atomic mass is 35.5. The minimum Gasteiger partial charge on any atom is -0.466 e. The van der Waals surface area contributed by atoms with Gasteiger partial charge < -0.3 is 10.1 Å². The predicted molar refractivity (Wildman–Crippen MR) is 162 cm³/mol. The van der Waals surface area contributed by atoms with Crippen molar-refractivity contribution < 1.29 is 40.3 Å². The molecule has 0 unspecified atom stereocenters. The van der Waals surface area contributed by atoms with Gasteiger partial charge in [0, 0.05) is 15.6 Å². The number of anilines is 2. The van der Waals surface area contributed by atoms with Crippen LogP contribution in [0.3, 0.4) is 0 Å². The Morgan fingerprint density at radius 3 is 2.11 bits per heavy atom. The van der Waals surface area contributed by atoms with Gasteiger partial charge in [0.15, 0.2) is 0 Å². The van der Waals surface area contributed by atoms with Gasteiger partial charge in [0.2, 0.25) is 0 Å². The summed E-state index contributed by atoms with van der Waals surface area (Å²) in [6.45, 7) is 1.56. The molecule has 0 heterocycles. The highest BCUT2D eigenvalue weighted by Crippen LogP contribution is 2.37.